The summed E-state index contributed by atoms with van der Waals surface area (Å²) in [5, 5.41) is 18.9. The van der Waals surface area contributed by atoms with Crippen molar-refractivity contribution in [1.29, 1.82) is 0 Å². The number of nitro groups is 1. The second kappa shape index (κ2) is 6.49. The van der Waals surface area contributed by atoms with Gasteiger partial charge in [0.05, 0.1) is 10.6 Å². The highest BCUT2D eigenvalue weighted by molar-refractivity contribution is 5.66. The third kappa shape index (κ3) is 3.46. The lowest BCUT2D eigenvalue weighted by Crippen LogP contribution is -2.13. The third-order valence-electron chi connectivity index (χ3n) is 3.33. The molecule has 0 radical (unpaired) electrons. The highest BCUT2D eigenvalue weighted by Crippen LogP contribution is 2.28. The molecule has 1 heterocycles. The number of nitrogens with zero attached hydrogens (tertiary/aromatic N) is 3. The summed E-state index contributed by atoms with van der Waals surface area (Å²) in [5.74, 6) is 0. The Morgan fingerprint density at radius 2 is 2.19 bits per heavy atom. The van der Waals surface area contributed by atoms with Crippen molar-refractivity contribution in [2.45, 2.75) is 26.8 Å². The van der Waals surface area contributed by atoms with Gasteiger partial charge in [-0.15, -0.1) is 0 Å². The number of nitro benzene ring substituents is 1. The fourth-order valence-corrected chi connectivity index (χ4v) is 2.26. The predicted molar refractivity (Wildman–Crippen MR) is 82.0 cm³/mol. The van der Waals surface area contributed by atoms with Crippen molar-refractivity contribution in [1.82, 2.24) is 15.1 Å². The maximum Gasteiger partial charge on any atom is 0.272 e. The number of hydrogen-bond donors (Lipinski definition) is 1. The van der Waals surface area contributed by atoms with E-state index in [1.807, 2.05) is 19.3 Å². The van der Waals surface area contributed by atoms with Gasteiger partial charge in [0.25, 0.3) is 5.69 Å². The molecule has 21 heavy (non-hydrogen) atoms. The van der Waals surface area contributed by atoms with E-state index in [2.05, 4.69) is 17.3 Å². The molecule has 0 saturated heterocycles. The van der Waals surface area contributed by atoms with Crippen molar-refractivity contribution in [2.24, 2.45) is 7.05 Å². The van der Waals surface area contributed by atoms with Crippen LogP contribution in [0.15, 0.2) is 24.4 Å². The van der Waals surface area contributed by atoms with E-state index in [0.29, 0.717) is 12.1 Å². The topological polar surface area (TPSA) is 73.0 Å². The molecule has 2 aromatic rings. The number of rotatable bonds is 6. The van der Waals surface area contributed by atoms with Gasteiger partial charge in [-0.2, -0.15) is 5.10 Å². The van der Waals surface area contributed by atoms with Gasteiger partial charge in [-0.1, -0.05) is 19.1 Å². The summed E-state index contributed by atoms with van der Waals surface area (Å²) < 4.78 is 1.74. The minimum atomic E-state index is -0.350. The first-order valence-corrected chi connectivity index (χ1v) is 7.01. The fourth-order valence-electron chi connectivity index (χ4n) is 2.26. The molecule has 1 N–H and O–H groups in total. The zero-order valence-electron chi connectivity index (χ0n) is 12.6. The molecule has 0 fully saturated rings. The van der Waals surface area contributed by atoms with E-state index >= 15 is 0 Å². The fraction of sp³-hybridized carbons (Fsp3) is 0.400. The van der Waals surface area contributed by atoms with Crippen molar-refractivity contribution >= 4 is 5.69 Å². The lowest BCUT2D eigenvalue weighted by Gasteiger charge is -2.05. The Hall–Kier alpha value is -2.21. The van der Waals surface area contributed by atoms with Crippen molar-refractivity contribution in [3.05, 3.63) is 45.6 Å². The number of hydrogen-bond acceptors (Lipinski definition) is 4. The highest BCUT2D eigenvalue weighted by atomic mass is 16.6. The normalized spacial score (nSPS) is 10.8. The first-order valence-electron chi connectivity index (χ1n) is 7.01. The van der Waals surface area contributed by atoms with Crippen LogP contribution >= 0.6 is 0 Å². The van der Waals surface area contributed by atoms with Gasteiger partial charge in [0.2, 0.25) is 0 Å². The number of nitrogens with one attached hydrogen (secondary N) is 1. The van der Waals surface area contributed by atoms with E-state index in [4.69, 9.17) is 0 Å². The molecule has 0 saturated carbocycles. The van der Waals surface area contributed by atoms with Gasteiger partial charge in [-0.3, -0.25) is 14.8 Å². The van der Waals surface area contributed by atoms with E-state index in [1.165, 1.54) is 0 Å². The predicted octanol–water partition coefficient (Wildman–Crippen LogP) is 2.80. The lowest BCUT2D eigenvalue weighted by atomic mass is 10.0. The second-order valence-electron chi connectivity index (χ2n) is 5.11. The molecule has 0 atom stereocenters. The van der Waals surface area contributed by atoms with Gasteiger partial charge >= 0.3 is 0 Å². The van der Waals surface area contributed by atoms with Crippen LogP contribution in [0.2, 0.25) is 0 Å². The monoisotopic (exact) mass is 288 g/mol. The SMILES string of the molecule is CCCNCc1cn(C)nc1-c1ccc(C)c([N+](=O)[O-])c1. The van der Waals surface area contributed by atoms with Crippen LogP contribution in [-0.4, -0.2) is 21.2 Å². The van der Waals surface area contributed by atoms with Crippen LogP contribution in [0.1, 0.15) is 24.5 Å². The van der Waals surface area contributed by atoms with E-state index in [9.17, 15) is 10.1 Å². The first kappa shape index (κ1) is 15.2. The van der Waals surface area contributed by atoms with Crippen LogP contribution in [0.3, 0.4) is 0 Å². The van der Waals surface area contributed by atoms with Gasteiger partial charge in [0.1, 0.15) is 0 Å². The highest BCUT2D eigenvalue weighted by Gasteiger charge is 2.16. The molecule has 1 aromatic heterocycles. The largest absolute Gasteiger partial charge is 0.313 e. The number of aromatic nitrogens is 2. The van der Waals surface area contributed by atoms with Gasteiger partial charge in [-0.05, 0) is 19.9 Å². The summed E-state index contributed by atoms with van der Waals surface area (Å²) in [6.45, 7) is 5.49. The molecule has 0 bridgehead atoms. The molecule has 6 heteroatoms. The second-order valence-corrected chi connectivity index (χ2v) is 5.11. The van der Waals surface area contributed by atoms with E-state index in [1.54, 1.807) is 23.7 Å². The van der Waals surface area contributed by atoms with Crippen LogP contribution in [0.5, 0.6) is 0 Å². The smallest absolute Gasteiger partial charge is 0.272 e. The summed E-state index contributed by atoms with van der Waals surface area (Å²) >= 11 is 0. The average Bonchev–Trinajstić information content (AvgIpc) is 2.80. The molecule has 0 aliphatic carbocycles. The minimum absolute atomic E-state index is 0.130. The lowest BCUT2D eigenvalue weighted by molar-refractivity contribution is -0.385. The summed E-state index contributed by atoms with van der Waals surface area (Å²) in [6.07, 6.45) is 3.01. The standard InChI is InChI=1S/C15H20N4O2/c1-4-7-16-9-13-10-18(3)17-15(13)12-6-5-11(2)14(8-12)19(20)21/h5-6,8,10,16H,4,7,9H2,1-3H3. The summed E-state index contributed by atoms with van der Waals surface area (Å²) in [4.78, 5) is 10.7. The molecule has 1 aromatic carbocycles. The van der Waals surface area contributed by atoms with E-state index < -0.39 is 0 Å². The van der Waals surface area contributed by atoms with Gasteiger partial charge < -0.3 is 5.32 Å². The third-order valence-corrected chi connectivity index (χ3v) is 3.33. The van der Waals surface area contributed by atoms with Gasteiger partial charge in [0, 0.05) is 42.5 Å². The zero-order valence-corrected chi connectivity index (χ0v) is 12.6. The van der Waals surface area contributed by atoms with Crippen LogP contribution < -0.4 is 5.32 Å². The summed E-state index contributed by atoms with van der Waals surface area (Å²) in [5.41, 5.74) is 3.41. The maximum absolute atomic E-state index is 11.1. The van der Waals surface area contributed by atoms with Crippen molar-refractivity contribution in [3.63, 3.8) is 0 Å². The molecule has 0 amide bonds. The average molecular weight is 288 g/mol. The van der Waals surface area contributed by atoms with Crippen LogP contribution in [0.25, 0.3) is 11.3 Å². The number of benzene rings is 1. The molecule has 112 valence electrons. The van der Waals surface area contributed by atoms with E-state index in [0.717, 1.165) is 29.8 Å². The molecule has 0 unspecified atom stereocenters. The van der Waals surface area contributed by atoms with E-state index in [-0.39, 0.29) is 10.6 Å². The molecule has 6 nitrogen and oxygen atoms in total. The Kier molecular flexibility index (Phi) is 4.70. The minimum Gasteiger partial charge on any atom is -0.313 e. The van der Waals surface area contributed by atoms with Crippen molar-refractivity contribution < 1.29 is 4.92 Å². The van der Waals surface area contributed by atoms with Crippen molar-refractivity contribution in [3.8, 4) is 11.3 Å². The first-order chi connectivity index (χ1) is 10.0. The molecular weight excluding hydrogens is 268 g/mol. The van der Waals surface area contributed by atoms with Gasteiger partial charge in [-0.25, -0.2) is 0 Å². The van der Waals surface area contributed by atoms with Crippen molar-refractivity contribution in [2.75, 3.05) is 6.54 Å². The van der Waals surface area contributed by atoms with Crippen LogP contribution in [-0.2, 0) is 13.6 Å². The molecule has 0 aliphatic rings. The molecular formula is C15H20N4O2. The summed E-state index contributed by atoms with van der Waals surface area (Å²) in [6, 6.07) is 5.25. The Bertz CT molecular complexity index is 649. The molecule has 0 spiro atoms. The molecule has 0 aliphatic heterocycles. The summed E-state index contributed by atoms with van der Waals surface area (Å²) in [7, 11) is 1.86. The number of aryl methyl sites for hydroxylation is 2. The molecule has 2 rings (SSSR count). The Morgan fingerprint density at radius 3 is 2.86 bits per heavy atom. The maximum atomic E-state index is 11.1. The Morgan fingerprint density at radius 1 is 1.43 bits per heavy atom. The zero-order chi connectivity index (χ0) is 15.4. The Labute approximate surface area is 123 Å². The quantitative estimate of drug-likeness (QED) is 0.504. The van der Waals surface area contributed by atoms with Crippen LogP contribution in [0, 0.1) is 17.0 Å². The van der Waals surface area contributed by atoms with Gasteiger partial charge in [0.15, 0.2) is 0 Å². The van der Waals surface area contributed by atoms with Crippen LogP contribution in [0.4, 0.5) is 5.69 Å². The Balaban J connectivity index is 2.37.